The lowest BCUT2D eigenvalue weighted by atomic mass is 10.1. The summed E-state index contributed by atoms with van der Waals surface area (Å²) in [6.45, 7) is 5.70. The molecule has 0 bridgehead atoms. The number of halogens is 3. The molecule has 0 unspecified atom stereocenters. The number of alkyl halides is 3. The van der Waals surface area contributed by atoms with Crippen LogP contribution in [0.1, 0.15) is 11.1 Å². The topological polar surface area (TPSA) is 67.1 Å². The number of carbonyl (C=O) groups is 2. The van der Waals surface area contributed by atoms with E-state index in [0.29, 0.717) is 32.7 Å². The van der Waals surface area contributed by atoms with Gasteiger partial charge in [-0.1, -0.05) is 12.1 Å². The summed E-state index contributed by atoms with van der Waals surface area (Å²) in [5.74, 6) is -0.663. The van der Waals surface area contributed by atoms with Gasteiger partial charge in [0.2, 0.25) is 0 Å². The highest BCUT2D eigenvalue weighted by Gasteiger charge is 2.30. The first-order valence-corrected chi connectivity index (χ1v) is 9.00. The molecule has 2 amide bonds. The minimum atomic E-state index is -4.39. The zero-order valence-electron chi connectivity index (χ0n) is 15.6. The predicted octanol–water partition coefficient (Wildman–Crippen LogP) is -1.30. The maximum Gasteiger partial charge on any atom is 0.405 e. The normalized spacial score (nSPS) is 20.2. The van der Waals surface area contributed by atoms with Gasteiger partial charge in [-0.05, 0) is 31.0 Å². The van der Waals surface area contributed by atoms with E-state index in [2.05, 4.69) is 5.32 Å². The number of piperazine rings is 1. The summed E-state index contributed by atoms with van der Waals surface area (Å²) < 4.78 is 36.3. The van der Waals surface area contributed by atoms with Crippen molar-refractivity contribution in [2.75, 3.05) is 51.1 Å². The lowest BCUT2D eigenvalue weighted by Crippen LogP contribution is -3.28. The van der Waals surface area contributed by atoms with Crippen molar-refractivity contribution >= 4 is 17.5 Å². The Morgan fingerprint density at radius 2 is 1.56 bits per heavy atom. The van der Waals surface area contributed by atoms with Gasteiger partial charge in [0.1, 0.15) is 32.7 Å². The van der Waals surface area contributed by atoms with E-state index in [0.717, 1.165) is 26.6 Å². The molecule has 0 saturated carbocycles. The quantitative estimate of drug-likeness (QED) is 0.490. The standard InChI is InChI=1S/C18H25F3N4O2/c1-13-4-3-5-15(14(13)2)23-17(27)11-25-8-6-24(7-9-25)10-16(26)22-12-18(19,20)21/h3-5H,6-12H2,1-2H3,(H,22,26)(H,23,27)/p+2. The number of hydrogen-bond donors (Lipinski definition) is 4. The van der Waals surface area contributed by atoms with E-state index in [1.807, 2.05) is 37.4 Å². The second kappa shape index (κ2) is 9.18. The van der Waals surface area contributed by atoms with Crippen LogP contribution in [-0.4, -0.2) is 63.8 Å². The molecule has 27 heavy (non-hydrogen) atoms. The van der Waals surface area contributed by atoms with Crippen LogP contribution >= 0.6 is 0 Å². The Bertz CT molecular complexity index is 671. The van der Waals surface area contributed by atoms with Crippen molar-refractivity contribution in [1.29, 1.82) is 0 Å². The van der Waals surface area contributed by atoms with Gasteiger partial charge in [0.25, 0.3) is 11.8 Å². The molecule has 0 radical (unpaired) electrons. The van der Waals surface area contributed by atoms with Crippen LogP contribution < -0.4 is 20.4 Å². The molecule has 1 fully saturated rings. The highest BCUT2D eigenvalue weighted by Crippen LogP contribution is 2.17. The first-order valence-electron chi connectivity index (χ1n) is 9.00. The van der Waals surface area contributed by atoms with Gasteiger partial charge < -0.3 is 20.4 Å². The molecule has 1 saturated heterocycles. The monoisotopic (exact) mass is 388 g/mol. The lowest BCUT2D eigenvalue weighted by Gasteiger charge is -2.29. The SMILES string of the molecule is Cc1cccc(NC(=O)C[NH+]2CC[NH+](CC(=O)NCC(F)(F)F)CC2)c1C. The summed E-state index contributed by atoms with van der Waals surface area (Å²) in [6, 6.07) is 5.76. The average molecular weight is 388 g/mol. The molecule has 0 atom stereocenters. The van der Waals surface area contributed by atoms with Crippen LogP contribution in [0.5, 0.6) is 0 Å². The Labute approximate surface area is 156 Å². The Kier molecular flexibility index (Phi) is 7.20. The maximum absolute atomic E-state index is 12.3. The van der Waals surface area contributed by atoms with Crippen molar-refractivity contribution in [3.8, 4) is 0 Å². The highest BCUT2D eigenvalue weighted by atomic mass is 19.4. The number of carbonyl (C=O) groups excluding carboxylic acids is 2. The van der Waals surface area contributed by atoms with E-state index in [1.165, 1.54) is 0 Å². The first kappa shape index (κ1) is 21.2. The van der Waals surface area contributed by atoms with Crippen LogP contribution in [0.25, 0.3) is 0 Å². The van der Waals surface area contributed by atoms with Gasteiger partial charge in [0.05, 0.1) is 0 Å². The Morgan fingerprint density at radius 3 is 2.11 bits per heavy atom. The molecule has 6 nitrogen and oxygen atoms in total. The van der Waals surface area contributed by atoms with Gasteiger partial charge in [-0.2, -0.15) is 13.2 Å². The van der Waals surface area contributed by atoms with E-state index >= 15 is 0 Å². The van der Waals surface area contributed by atoms with Crippen molar-refractivity contribution in [1.82, 2.24) is 5.32 Å². The number of benzene rings is 1. The maximum atomic E-state index is 12.3. The third-order valence-corrected chi connectivity index (χ3v) is 4.85. The van der Waals surface area contributed by atoms with Gasteiger partial charge in [0, 0.05) is 5.69 Å². The van der Waals surface area contributed by atoms with Gasteiger partial charge in [-0.3, -0.25) is 9.59 Å². The van der Waals surface area contributed by atoms with Crippen LogP contribution in [0.2, 0.25) is 0 Å². The van der Waals surface area contributed by atoms with Gasteiger partial charge in [-0.25, -0.2) is 0 Å². The molecule has 2 rings (SSSR count). The van der Waals surface area contributed by atoms with Crippen LogP contribution in [0, 0.1) is 13.8 Å². The third-order valence-electron chi connectivity index (χ3n) is 4.85. The fourth-order valence-corrected chi connectivity index (χ4v) is 3.11. The van der Waals surface area contributed by atoms with Crippen LogP contribution in [0.4, 0.5) is 18.9 Å². The number of hydrogen-bond acceptors (Lipinski definition) is 2. The molecular weight excluding hydrogens is 361 g/mol. The molecule has 150 valence electrons. The Balaban J connectivity index is 1.72. The van der Waals surface area contributed by atoms with Crippen molar-refractivity contribution in [2.45, 2.75) is 20.0 Å². The second-order valence-electron chi connectivity index (χ2n) is 7.04. The molecule has 4 N–H and O–H groups in total. The molecule has 9 heteroatoms. The molecule has 0 aromatic heterocycles. The molecule has 1 aliphatic heterocycles. The zero-order valence-corrected chi connectivity index (χ0v) is 15.6. The number of rotatable bonds is 6. The predicted molar refractivity (Wildman–Crippen MR) is 94.7 cm³/mol. The van der Waals surface area contributed by atoms with Crippen LogP contribution in [0.15, 0.2) is 18.2 Å². The number of anilines is 1. The summed E-state index contributed by atoms with van der Waals surface area (Å²) in [5.41, 5.74) is 2.96. The summed E-state index contributed by atoms with van der Waals surface area (Å²) in [6.07, 6.45) is -4.39. The van der Waals surface area contributed by atoms with E-state index in [9.17, 15) is 22.8 Å². The van der Waals surface area contributed by atoms with Gasteiger partial charge in [-0.15, -0.1) is 0 Å². The molecule has 0 aliphatic carbocycles. The second-order valence-corrected chi connectivity index (χ2v) is 7.04. The van der Waals surface area contributed by atoms with Crippen molar-refractivity contribution in [3.05, 3.63) is 29.3 Å². The first-order chi connectivity index (χ1) is 12.6. The van der Waals surface area contributed by atoms with Crippen molar-refractivity contribution < 1.29 is 32.6 Å². The molecule has 1 aromatic carbocycles. The van der Waals surface area contributed by atoms with Gasteiger partial charge in [0.15, 0.2) is 13.1 Å². The summed E-state index contributed by atoms with van der Waals surface area (Å²) >= 11 is 0. The highest BCUT2D eigenvalue weighted by molar-refractivity contribution is 5.92. The van der Waals surface area contributed by atoms with E-state index in [1.54, 1.807) is 0 Å². The molecular formula is C18H27F3N4O2+2. The van der Waals surface area contributed by atoms with Gasteiger partial charge >= 0.3 is 6.18 Å². The largest absolute Gasteiger partial charge is 0.405 e. The minimum absolute atomic E-state index is 0.0258. The number of aryl methyl sites for hydroxylation is 1. The fourth-order valence-electron chi connectivity index (χ4n) is 3.11. The lowest BCUT2D eigenvalue weighted by molar-refractivity contribution is -1.00. The zero-order chi connectivity index (χ0) is 20.0. The smallest absolute Gasteiger partial charge is 0.342 e. The molecule has 1 aromatic rings. The van der Waals surface area contributed by atoms with Crippen molar-refractivity contribution in [2.24, 2.45) is 0 Å². The fraction of sp³-hybridized carbons (Fsp3) is 0.556. The van der Waals surface area contributed by atoms with Crippen LogP contribution in [0.3, 0.4) is 0 Å². The molecule has 1 heterocycles. The average Bonchev–Trinajstić information content (AvgIpc) is 2.58. The third kappa shape index (κ3) is 7.18. The number of quaternary nitrogens is 2. The van der Waals surface area contributed by atoms with E-state index < -0.39 is 18.6 Å². The summed E-state index contributed by atoms with van der Waals surface area (Å²) in [7, 11) is 0. The summed E-state index contributed by atoms with van der Waals surface area (Å²) in [5, 5.41) is 4.83. The minimum Gasteiger partial charge on any atom is -0.342 e. The van der Waals surface area contributed by atoms with E-state index in [-0.39, 0.29) is 12.5 Å². The van der Waals surface area contributed by atoms with Crippen molar-refractivity contribution in [3.63, 3.8) is 0 Å². The molecule has 1 aliphatic rings. The van der Waals surface area contributed by atoms with E-state index in [4.69, 9.17) is 0 Å². The number of nitrogens with one attached hydrogen (secondary N) is 4. The Morgan fingerprint density at radius 1 is 1.00 bits per heavy atom. The van der Waals surface area contributed by atoms with Crippen LogP contribution in [-0.2, 0) is 9.59 Å². The molecule has 0 spiro atoms. The number of amides is 2. The Hall–Kier alpha value is -2.13. The summed E-state index contributed by atoms with van der Waals surface area (Å²) in [4.78, 5) is 25.9.